The lowest BCUT2D eigenvalue weighted by Crippen LogP contribution is -2.26. The van der Waals surface area contributed by atoms with Crippen LogP contribution in [0.5, 0.6) is 0 Å². The number of hydrogen-bond donors (Lipinski definition) is 0. The summed E-state index contributed by atoms with van der Waals surface area (Å²) >= 11 is 6.70. The van der Waals surface area contributed by atoms with Crippen molar-refractivity contribution in [3.63, 3.8) is 0 Å². The van der Waals surface area contributed by atoms with E-state index >= 15 is 0 Å². The molecule has 0 bridgehead atoms. The molecule has 0 saturated heterocycles. The maximum absolute atomic E-state index is 10.8. The van der Waals surface area contributed by atoms with Gasteiger partial charge in [-0.25, -0.2) is 13.0 Å². The molecule has 0 aliphatic heterocycles. The monoisotopic (exact) mass is 630 g/mol. The van der Waals surface area contributed by atoms with E-state index < -0.39 is 15.0 Å². The van der Waals surface area contributed by atoms with Crippen LogP contribution in [-0.2, 0) is 21.5 Å². The first kappa shape index (κ1) is 28.1. The predicted octanol–water partition coefficient (Wildman–Crippen LogP) is 3.48. The molecule has 2 heterocycles. The van der Waals surface area contributed by atoms with Gasteiger partial charge in [-0.3, -0.25) is 25.2 Å². The lowest BCUT2D eigenvalue weighted by Gasteiger charge is -2.00. The van der Waals surface area contributed by atoms with Crippen LogP contribution in [0.3, 0.4) is 0 Å². The van der Waals surface area contributed by atoms with E-state index in [-0.39, 0.29) is 16.3 Å². The largest absolute Gasteiger partial charge is 0.707 e. The fourth-order valence-electron chi connectivity index (χ4n) is 2.80. The van der Waals surface area contributed by atoms with E-state index in [4.69, 9.17) is 5.26 Å². The van der Waals surface area contributed by atoms with Gasteiger partial charge < -0.3 is 9.59 Å². The molecular weight excluding hydrogens is 616 g/mol. The number of aromatic nitrogens is 2. The number of benzene rings is 2. The molecule has 0 saturated carbocycles. The van der Waals surface area contributed by atoms with E-state index in [2.05, 4.69) is 41.2 Å². The Morgan fingerprint density at radius 3 is 1.86 bits per heavy atom. The molecule has 0 amide bonds. The highest BCUT2D eigenvalue weighted by atomic mass is 79.9. The van der Waals surface area contributed by atoms with Crippen LogP contribution in [0.1, 0.15) is 0 Å². The molecule has 12 nitrogen and oxygen atoms in total. The Kier molecular flexibility index (Phi) is 9.67. The summed E-state index contributed by atoms with van der Waals surface area (Å²) in [5, 5.41) is 33.2. The van der Waals surface area contributed by atoms with Crippen LogP contribution in [0.2, 0.25) is 0 Å². The highest BCUT2D eigenvalue weighted by molar-refractivity contribution is 9.11. The highest BCUT2D eigenvalue weighted by Gasteiger charge is 2.16. The molecule has 0 aliphatic carbocycles. The van der Waals surface area contributed by atoms with E-state index in [1.807, 2.05) is 19.3 Å². The average Bonchev–Trinajstić information content (AvgIpc) is 2.79. The van der Waals surface area contributed by atoms with Gasteiger partial charge in [-0.1, -0.05) is 31.9 Å². The second kappa shape index (κ2) is 12.0. The molecule has 4 aromatic rings. The van der Waals surface area contributed by atoms with Gasteiger partial charge in [-0.05, 0) is 18.2 Å². The minimum atomic E-state index is -3.72. The summed E-state index contributed by atoms with van der Waals surface area (Å²) in [5.74, 6) is 0. The van der Waals surface area contributed by atoms with Crippen LogP contribution in [0.4, 0.5) is 11.4 Å². The minimum Gasteiger partial charge on any atom is -0.707 e. The Morgan fingerprint density at radius 1 is 0.886 bits per heavy atom. The lowest BCUT2D eigenvalue weighted by molar-refractivity contribution is -0.670. The minimum absolute atomic E-state index is 0.0799. The van der Waals surface area contributed by atoms with Gasteiger partial charge in [0.1, 0.15) is 12.4 Å². The molecule has 0 spiro atoms. The Hall–Kier alpha value is -3.11. The van der Waals surface area contributed by atoms with Crippen molar-refractivity contribution in [3.8, 4) is 0 Å². The van der Waals surface area contributed by atoms with Gasteiger partial charge >= 0.3 is 0 Å². The van der Waals surface area contributed by atoms with Crippen LogP contribution >= 0.6 is 31.9 Å². The number of nitro groups is 2. The average molecular weight is 632 g/mol. The van der Waals surface area contributed by atoms with E-state index in [9.17, 15) is 28.6 Å². The number of aryl methyl sites for hydroxylation is 1. The van der Waals surface area contributed by atoms with E-state index in [0.717, 1.165) is 19.7 Å². The number of non-ortho nitro benzene ring substituents is 2. The molecular formula is C20H16Br2N4O8S. The van der Waals surface area contributed by atoms with E-state index in [1.54, 1.807) is 35.2 Å². The topological polar surface area (TPSA) is 169 Å². The third-order valence-electron chi connectivity index (χ3n) is 4.28. The summed E-state index contributed by atoms with van der Waals surface area (Å²) in [6.07, 6.45) is 7.39. The summed E-state index contributed by atoms with van der Waals surface area (Å²) in [5.41, 5.74) is 0.209. The Bertz CT molecular complexity index is 1520. The molecule has 0 fully saturated rings. The Morgan fingerprint density at radius 2 is 1.37 bits per heavy atom. The number of pyridine rings is 2. The molecule has 4 rings (SSSR count). The summed E-state index contributed by atoms with van der Waals surface area (Å²) in [6.45, 7) is 0. The quantitative estimate of drug-likeness (QED) is 0.142. The first-order valence-corrected chi connectivity index (χ1v) is 12.7. The smallest absolute Gasteiger partial charge is 0.283 e. The summed E-state index contributed by atoms with van der Waals surface area (Å²) in [7, 11) is -1.88. The molecule has 184 valence electrons. The second-order valence-corrected chi connectivity index (χ2v) is 10.0. The zero-order chi connectivity index (χ0) is 26.3. The van der Waals surface area contributed by atoms with Crippen molar-refractivity contribution in [2.24, 2.45) is 7.05 Å². The summed E-state index contributed by atoms with van der Waals surface area (Å²) in [4.78, 5) is 24.6. The standard InChI is InChI=1S/C10H8BrN2O2.C9H5BrN2O2.CH4O4S/c1-12-5-4-7-8(6-12)10(13(14)15)3-2-9(7)11;10-8-1-2-9(12(13)14)7-5-11-4-3-6(7)8;1-6(3,4)5-2/h2-6H,1H3;1-5H;2H,1H3/q+1;;/p-1. The third kappa shape index (κ3) is 7.69. The van der Waals surface area contributed by atoms with Crippen LogP contribution in [0.25, 0.3) is 21.5 Å². The maximum Gasteiger partial charge on any atom is 0.283 e. The third-order valence-corrected chi connectivity index (χ3v) is 5.91. The van der Waals surface area contributed by atoms with Crippen molar-refractivity contribution in [2.45, 2.75) is 0 Å². The number of halogens is 2. The number of nitro benzene ring substituents is 2. The van der Waals surface area contributed by atoms with Crippen molar-refractivity contribution < 1.29 is 32.4 Å². The molecule has 2 aromatic carbocycles. The van der Waals surface area contributed by atoms with Crippen molar-refractivity contribution in [1.82, 2.24) is 4.98 Å². The van der Waals surface area contributed by atoms with Crippen LogP contribution < -0.4 is 9.82 Å². The molecule has 0 atom stereocenters. The number of fused-ring (bicyclic) bond motifs is 2. The van der Waals surface area contributed by atoms with Gasteiger partial charge in [0.15, 0.2) is 12.4 Å². The van der Waals surface area contributed by atoms with E-state index in [0.29, 0.717) is 17.0 Å². The van der Waals surface area contributed by atoms with Crippen LogP contribution in [0.15, 0.2) is 70.1 Å². The highest BCUT2D eigenvalue weighted by Crippen LogP contribution is 2.31. The normalized spacial score (nSPS) is 10.7. The zero-order valence-corrected chi connectivity index (χ0v) is 22.0. The predicted molar refractivity (Wildman–Crippen MR) is 132 cm³/mol. The first-order valence-electron chi connectivity index (χ1n) is 9.25. The van der Waals surface area contributed by atoms with Gasteiger partial charge in [-0.2, -0.15) is 0 Å². The van der Waals surface area contributed by atoms with Crippen molar-refractivity contribution >= 4 is 74.9 Å². The summed E-state index contributed by atoms with van der Waals surface area (Å²) < 4.78 is 25.1. The first-order chi connectivity index (χ1) is 16.4. The molecule has 0 aliphatic rings. The SMILES string of the molecule is CS(=O)(=O)O[O-].C[n+]1ccc2c(Br)ccc([N+](=O)[O-])c2c1.O=[N+]([O-])c1ccc(Br)c2ccncc12. The van der Waals surface area contributed by atoms with Crippen molar-refractivity contribution in [2.75, 3.05) is 6.26 Å². The number of rotatable bonds is 3. The van der Waals surface area contributed by atoms with E-state index in [1.165, 1.54) is 18.3 Å². The molecule has 15 heteroatoms. The second-order valence-electron chi connectivity index (χ2n) is 6.78. The van der Waals surface area contributed by atoms with Crippen molar-refractivity contribution in [3.05, 3.63) is 90.4 Å². The Labute approximate surface area is 215 Å². The fourth-order valence-corrected chi connectivity index (χ4v) is 3.75. The molecule has 35 heavy (non-hydrogen) atoms. The number of hydrogen-bond acceptors (Lipinski definition) is 9. The molecule has 0 unspecified atom stereocenters. The van der Waals surface area contributed by atoms with Gasteiger partial charge in [-0.15, -0.1) is 0 Å². The van der Waals surface area contributed by atoms with Crippen LogP contribution in [0, 0.1) is 20.2 Å². The summed E-state index contributed by atoms with van der Waals surface area (Å²) in [6, 6.07) is 9.93. The fraction of sp³-hybridized carbons (Fsp3) is 0.100. The zero-order valence-electron chi connectivity index (χ0n) is 18.0. The van der Waals surface area contributed by atoms with Crippen molar-refractivity contribution in [1.29, 1.82) is 0 Å². The van der Waals surface area contributed by atoms with Crippen LogP contribution in [-0.4, -0.2) is 29.5 Å². The molecule has 0 radical (unpaired) electrons. The molecule has 2 aromatic heterocycles. The van der Waals surface area contributed by atoms with Gasteiger partial charge in [0.25, 0.3) is 21.5 Å². The van der Waals surface area contributed by atoms with Gasteiger partial charge in [0.05, 0.1) is 21.5 Å². The Balaban J connectivity index is 0.000000202. The maximum atomic E-state index is 10.8. The number of nitrogens with zero attached hydrogens (tertiary/aromatic N) is 4. The lowest BCUT2D eigenvalue weighted by atomic mass is 10.1. The van der Waals surface area contributed by atoms with Gasteiger partial charge in [0.2, 0.25) is 0 Å². The molecule has 0 N–H and O–H groups in total. The van der Waals surface area contributed by atoms with Gasteiger partial charge in [0, 0.05) is 50.3 Å².